The minimum Gasteiger partial charge on any atom is -0.466 e. The fraction of sp³-hybridized carbons (Fsp3) is 0.938. The molecule has 2 unspecified atom stereocenters. The first-order valence-corrected chi connectivity index (χ1v) is 8.34. The lowest BCUT2D eigenvalue weighted by atomic mass is 10.1. The van der Waals surface area contributed by atoms with E-state index in [4.69, 9.17) is 4.74 Å². The van der Waals surface area contributed by atoms with Crippen LogP contribution in [0.5, 0.6) is 0 Å². The summed E-state index contributed by atoms with van der Waals surface area (Å²) in [6.45, 7) is 9.71. The molecule has 2 saturated heterocycles. The van der Waals surface area contributed by atoms with Gasteiger partial charge in [0, 0.05) is 31.6 Å². The van der Waals surface area contributed by atoms with Gasteiger partial charge in [-0.3, -0.25) is 14.6 Å². The number of fused-ring (bicyclic) bond motifs is 1. The summed E-state index contributed by atoms with van der Waals surface area (Å²) in [4.78, 5) is 16.6. The van der Waals surface area contributed by atoms with Gasteiger partial charge in [-0.05, 0) is 52.6 Å². The number of nitrogens with zero attached hydrogens (tertiary/aromatic N) is 2. The Kier molecular flexibility index (Phi) is 6.30. The second-order valence-corrected chi connectivity index (χ2v) is 6.25. The third-order valence-electron chi connectivity index (χ3n) is 4.70. The molecule has 0 N–H and O–H groups in total. The number of hydrogen-bond donors (Lipinski definition) is 0. The fourth-order valence-electron chi connectivity index (χ4n) is 3.55. The Bertz CT molecular complexity index is 309. The molecule has 4 heteroatoms. The van der Waals surface area contributed by atoms with Gasteiger partial charge >= 0.3 is 5.97 Å². The maximum Gasteiger partial charge on any atom is 0.305 e. The van der Waals surface area contributed by atoms with Crippen molar-refractivity contribution in [3.05, 3.63) is 0 Å². The summed E-state index contributed by atoms with van der Waals surface area (Å²) in [7, 11) is 0. The lowest BCUT2D eigenvalue weighted by molar-refractivity contribution is -0.143. The molecule has 0 amide bonds. The van der Waals surface area contributed by atoms with Crippen LogP contribution in [-0.4, -0.2) is 60.6 Å². The molecule has 2 heterocycles. The zero-order valence-electron chi connectivity index (χ0n) is 13.1. The van der Waals surface area contributed by atoms with Crippen molar-refractivity contribution in [3.8, 4) is 0 Å². The van der Waals surface area contributed by atoms with Crippen LogP contribution in [0.4, 0.5) is 0 Å². The quantitative estimate of drug-likeness (QED) is 0.530. The van der Waals surface area contributed by atoms with Gasteiger partial charge in [0.25, 0.3) is 0 Å². The number of piperazine rings is 1. The Morgan fingerprint density at radius 1 is 1.25 bits per heavy atom. The van der Waals surface area contributed by atoms with E-state index in [1.807, 2.05) is 6.92 Å². The van der Waals surface area contributed by atoms with E-state index in [0.717, 1.165) is 18.9 Å². The van der Waals surface area contributed by atoms with Crippen molar-refractivity contribution in [3.63, 3.8) is 0 Å². The average Bonchev–Trinajstić information content (AvgIpc) is 2.85. The number of esters is 1. The van der Waals surface area contributed by atoms with Gasteiger partial charge < -0.3 is 4.74 Å². The summed E-state index contributed by atoms with van der Waals surface area (Å²) >= 11 is 0. The van der Waals surface area contributed by atoms with Crippen LogP contribution >= 0.6 is 0 Å². The molecule has 0 aromatic rings. The summed E-state index contributed by atoms with van der Waals surface area (Å²) in [5.41, 5.74) is 0. The van der Waals surface area contributed by atoms with Gasteiger partial charge in [-0.2, -0.15) is 0 Å². The molecule has 0 saturated carbocycles. The molecule has 2 fully saturated rings. The van der Waals surface area contributed by atoms with E-state index in [2.05, 4.69) is 16.7 Å². The molecular weight excluding hydrogens is 252 g/mol. The molecule has 0 bridgehead atoms. The lowest BCUT2D eigenvalue weighted by Crippen LogP contribution is -2.54. The van der Waals surface area contributed by atoms with Crippen LogP contribution in [0.3, 0.4) is 0 Å². The second-order valence-electron chi connectivity index (χ2n) is 6.25. The van der Waals surface area contributed by atoms with E-state index in [9.17, 15) is 4.79 Å². The van der Waals surface area contributed by atoms with Gasteiger partial charge in [-0.25, -0.2) is 0 Å². The molecule has 2 aliphatic heterocycles. The Morgan fingerprint density at radius 3 is 2.90 bits per heavy atom. The maximum atomic E-state index is 11.2. The van der Waals surface area contributed by atoms with Crippen LogP contribution in [0.1, 0.15) is 52.4 Å². The average molecular weight is 282 g/mol. The van der Waals surface area contributed by atoms with Crippen LogP contribution in [0.25, 0.3) is 0 Å². The molecule has 0 spiro atoms. The summed E-state index contributed by atoms with van der Waals surface area (Å²) < 4.78 is 4.95. The van der Waals surface area contributed by atoms with Gasteiger partial charge in [0.15, 0.2) is 0 Å². The van der Waals surface area contributed by atoms with Gasteiger partial charge in [0.1, 0.15) is 0 Å². The van der Waals surface area contributed by atoms with Gasteiger partial charge in [-0.1, -0.05) is 6.42 Å². The minimum absolute atomic E-state index is 0.0413. The van der Waals surface area contributed by atoms with Crippen LogP contribution < -0.4 is 0 Å². The Hall–Kier alpha value is -0.610. The second kappa shape index (κ2) is 7.99. The number of ether oxygens (including phenoxy) is 1. The van der Waals surface area contributed by atoms with Crippen LogP contribution in [0, 0.1) is 0 Å². The van der Waals surface area contributed by atoms with E-state index in [1.165, 1.54) is 45.4 Å². The first-order chi connectivity index (χ1) is 9.70. The molecule has 20 heavy (non-hydrogen) atoms. The van der Waals surface area contributed by atoms with Crippen molar-refractivity contribution in [1.82, 2.24) is 9.80 Å². The standard InChI is InChI=1S/C16H30N2O2/c1-3-20-16(19)9-5-4-6-10-17-13-15-8-7-11-18(15)12-14(17)2/h14-15H,3-13H2,1-2H3. The summed E-state index contributed by atoms with van der Waals surface area (Å²) in [6.07, 6.45) is 6.65. The van der Waals surface area contributed by atoms with E-state index in [1.54, 1.807) is 0 Å². The largest absolute Gasteiger partial charge is 0.466 e. The molecular formula is C16H30N2O2. The summed E-state index contributed by atoms with van der Waals surface area (Å²) in [5, 5.41) is 0. The molecule has 0 aromatic carbocycles. The third kappa shape index (κ3) is 4.45. The van der Waals surface area contributed by atoms with Crippen molar-refractivity contribution in [1.29, 1.82) is 0 Å². The highest BCUT2D eigenvalue weighted by atomic mass is 16.5. The number of rotatable bonds is 7. The lowest BCUT2D eigenvalue weighted by Gasteiger charge is -2.42. The summed E-state index contributed by atoms with van der Waals surface area (Å²) in [5.74, 6) is -0.0413. The number of hydrogen-bond acceptors (Lipinski definition) is 4. The number of carbonyl (C=O) groups is 1. The summed E-state index contributed by atoms with van der Waals surface area (Å²) in [6, 6.07) is 1.50. The third-order valence-corrected chi connectivity index (χ3v) is 4.70. The first-order valence-electron chi connectivity index (χ1n) is 8.34. The maximum absolute atomic E-state index is 11.2. The molecule has 4 nitrogen and oxygen atoms in total. The van der Waals surface area contributed by atoms with E-state index in [0.29, 0.717) is 19.1 Å². The molecule has 0 aliphatic carbocycles. The Labute approximate surface area is 123 Å². The fourth-order valence-corrected chi connectivity index (χ4v) is 3.55. The van der Waals surface area contributed by atoms with Gasteiger partial charge in [0.2, 0.25) is 0 Å². The highest BCUT2D eigenvalue weighted by molar-refractivity contribution is 5.69. The first kappa shape index (κ1) is 15.8. The van der Waals surface area contributed by atoms with Gasteiger partial charge in [0.05, 0.1) is 6.61 Å². The molecule has 0 radical (unpaired) electrons. The van der Waals surface area contributed by atoms with Crippen LogP contribution in [0.2, 0.25) is 0 Å². The van der Waals surface area contributed by atoms with Crippen molar-refractivity contribution in [2.24, 2.45) is 0 Å². The van der Waals surface area contributed by atoms with Crippen molar-refractivity contribution < 1.29 is 9.53 Å². The molecule has 0 aromatic heterocycles. The highest BCUT2D eigenvalue weighted by Gasteiger charge is 2.33. The van der Waals surface area contributed by atoms with Crippen molar-refractivity contribution >= 4 is 5.97 Å². The smallest absolute Gasteiger partial charge is 0.305 e. The van der Waals surface area contributed by atoms with Crippen LogP contribution in [0.15, 0.2) is 0 Å². The predicted molar refractivity (Wildman–Crippen MR) is 80.7 cm³/mol. The number of unbranched alkanes of at least 4 members (excludes halogenated alkanes) is 2. The topological polar surface area (TPSA) is 32.8 Å². The van der Waals surface area contributed by atoms with Crippen molar-refractivity contribution in [2.75, 3.05) is 32.8 Å². The Morgan fingerprint density at radius 2 is 2.10 bits per heavy atom. The molecule has 2 atom stereocenters. The molecule has 116 valence electrons. The minimum atomic E-state index is -0.0413. The van der Waals surface area contributed by atoms with Gasteiger partial charge in [-0.15, -0.1) is 0 Å². The zero-order chi connectivity index (χ0) is 14.4. The van der Waals surface area contributed by atoms with Crippen LogP contribution in [-0.2, 0) is 9.53 Å². The molecule has 2 aliphatic rings. The van der Waals surface area contributed by atoms with Crippen molar-refractivity contribution in [2.45, 2.75) is 64.5 Å². The highest BCUT2D eigenvalue weighted by Crippen LogP contribution is 2.24. The monoisotopic (exact) mass is 282 g/mol. The normalized spacial score (nSPS) is 27.5. The van der Waals surface area contributed by atoms with E-state index in [-0.39, 0.29) is 5.97 Å². The predicted octanol–water partition coefficient (Wildman–Crippen LogP) is 2.28. The zero-order valence-corrected chi connectivity index (χ0v) is 13.1. The molecule has 2 rings (SSSR count). The van der Waals surface area contributed by atoms with E-state index >= 15 is 0 Å². The van der Waals surface area contributed by atoms with E-state index < -0.39 is 0 Å². The SMILES string of the molecule is CCOC(=O)CCCCCN1CC2CCCN2CC1C. The number of carbonyl (C=O) groups excluding carboxylic acids is 1. The Balaban J connectivity index is 1.58.